The summed E-state index contributed by atoms with van der Waals surface area (Å²) >= 11 is 0. The van der Waals surface area contributed by atoms with Crippen LogP contribution in [0, 0.1) is 0 Å². The smallest absolute Gasteiger partial charge is 0.238 e. The van der Waals surface area contributed by atoms with E-state index >= 15 is 0 Å². The van der Waals surface area contributed by atoms with Crippen LogP contribution in [0.25, 0.3) is 123 Å². The van der Waals surface area contributed by atoms with Gasteiger partial charge in [0.1, 0.15) is 0 Å². The fourth-order valence-corrected chi connectivity index (χ4v) is 10.0. The molecular formula is C63H41N5. The quantitative estimate of drug-likeness (QED) is 0.153. The van der Waals surface area contributed by atoms with Crippen LogP contribution < -0.4 is 0 Å². The maximum Gasteiger partial charge on any atom is 0.238 e. The minimum absolute atomic E-state index is 0.551. The largest absolute Gasteiger partial charge is 0.308 e. The summed E-state index contributed by atoms with van der Waals surface area (Å²) in [5.41, 5.74) is 16.3. The summed E-state index contributed by atoms with van der Waals surface area (Å²) in [5.74, 6) is 1.76. The first-order valence-electron chi connectivity index (χ1n) is 23.0. The molecule has 5 nitrogen and oxygen atoms in total. The van der Waals surface area contributed by atoms with Gasteiger partial charge in [0, 0.05) is 43.8 Å². The van der Waals surface area contributed by atoms with Crippen LogP contribution in [0.2, 0.25) is 0 Å². The molecule has 0 unspecified atom stereocenters. The number of benzene rings is 10. The Kier molecular flexibility index (Phi) is 9.43. The molecule has 0 aliphatic heterocycles. The highest BCUT2D eigenvalue weighted by Gasteiger charge is 2.24. The van der Waals surface area contributed by atoms with Crippen molar-refractivity contribution in [2.24, 2.45) is 0 Å². The van der Waals surface area contributed by atoms with Gasteiger partial charge in [-0.3, -0.25) is 4.57 Å². The number of nitrogens with zero attached hydrogens (tertiary/aromatic N) is 5. The number of aromatic nitrogens is 5. The van der Waals surface area contributed by atoms with Crippen LogP contribution in [0.15, 0.2) is 249 Å². The number of fused-ring (bicyclic) bond motifs is 6. The van der Waals surface area contributed by atoms with E-state index in [1.807, 2.05) is 24.3 Å². The van der Waals surface area contributed by atoms with Gasteiger partial charge >= 0.3 is 0 Å². The second-order valence-electron chi connectivity index (χ2n) is 17.2. The third-order valence-corrected chi connectivity index (χ3v) is 13.2. The zero-order chi connectivity index (χ0) is 45.0. The summed E-state index contributed by atoms with van der Waals surface area (Å²) in [6.07, 6.45) is 0. The first-order chi connectivity index (χ1) is 33.7. The Morgan fingerprint density at radius 1 is 0.235 bits per heavy atom. The minimum atomic E-state index is 0.551. The Labute approximate surface area is 393 Å². The summed E-state index contributed by atoms with van der Waals surface area (Å²) in [5, 5.41) is 4.60. The van der Waals surface area contributed by atoms with E-state index in [4.69, 9.17) is 15.0 Å². The Morgan fingerprint density at radius 2 is 0.647 bits per heavy atom. The topological polar surface area (TPSA) is 48.5 Å². The van der Waals surface area contributed by atoms with Crippen LogP contribution in [-0.4, -0.2) is 24.1 Å². The Hall–Kier alpha value is -9.19. The molecule has 13 rings (SSSR count). The van der Waals surface area contributed by atoms with Gasteiger partial charge in [-0.05, 0) is 69.8 Å². The summed E-state index contributed by atoms with van der Waals surface area (Å²) < 4.78 is 4.72. The molecule has 318 valence electrons. The van der Waals surface area contributed by atoms with Crippen LogP contribution in [-0.2, 0) is 0 Å². The van der Waals surface area contributed by atoms with Crippen molar-refractivity contribution < 1.29 is 0 Å². The third kappa shape index (κ3) is 6.68. The van der Waals surface area contributed by atoms with Crippen molar-refractivity contribution in [2.45, 2.75) is 0 Å². The lowest BCUT2D eigenvalue weighted by Crippen LogP contribution is -2.06. The lowest BCUT2D eigenvalue weighted by Gasteiger charge is -2.20. The van der Waals surface area contributed by atoms with Gasteiger partial charge in [0.05, 0.1) is 27.8 Å². The molecule has 0 bridgehead atoms. The Morgan fingerprint density at radius 3 is 1.25 bits per heavy atom. The second kappa shape index (κ2) is 16.4. The van der Waals surface area contributed by atoms with Gasteiger partial charge in [-0.2, -0.15) is 9.97 Å². The highest BCUT2D eigenvalue weighted by atomic mass is 15.2. The zero-order valence-corrected chi connectivity index (χ0v) is 36.9. The first kappa shape index (κ1) is 39.2. The van der Waals surface area contributed by atoms with Crippen molar-refractivity contribution in [2.75, 3.05) is 0 Å². The van der Waals surface area contributed by atoms with Gasteiger partial charge < -0.3 is 4.57 Å². The molecule has 0 aliphatic rings. The van der Waals surface area contributed by atoms with Gasteiger partial charge in [0.15, 0.2) is 11.6 Å². The predicted molar refractivity (Wildman–Crippen MR) is 281 cm³/mol. The third-order valence-electron chi connectivity index (χ3n) is 13.2. The lowest BCUT2D eigenvalue weighted by atomic mass is 9.93. The molecule has 0 radical (unpaired) electrons. The van der Waals surface area contributed by atoms with Crippen molar-refractivity contribution in [1.29, 1.82) is 0 Å². The molecule has 68 heavy (non-hydrogen) atoms. The molecule has 0 saturated carbocycles. The van der Waals surface area contributed by atoms with E-state index in [2.05, 4.69) is 234 Å². The highest BCUT2D eigenvalue weighted by molar-refractivity contribution is 6.19. The predicted octanol–water partition coefficient (Wildman–Crippen LogP) is 16.1. The van der Waals surface area contributed by atoms with Gasteiger partial charge in [-0.25, -0.2) is 4.98 Å². The summed E-state index contributed by atoms with van der Waals surface area (Å²) in [4.78, 5) is 15.9. The molecule has 0 atom stereocenters. The lowest BCUT2D eigenvalue weighted by molar-refractivity contribution is 0.953. The summed E-state index contributed by atoms with van der Waals surface area (Å²) in [7, 11) is 0. The van der Waals surface area contributed by atoms with Crippen LogP contribution in [0.1, 0.15) is 0 Å². The zero-order valence-electron chi connectivity index (χ0n) is 36.9. The first-order valence-corrected chi connectivity index (χ1v) is 23.0. The Balaban J connectivity index is 1.11. The summed E-state index contributed by atoms with van der Waals surface area (Å²) in [6, 6.07) is 88.4. The van der Waals surface area contributed by atoms with Crippen molar-refractivity contribution in [3.8, 4) is 78.9 Å². The van der Waals surface area contributed by atoms with Crippen LogP contribution in [0.4, 0.5) is 0 Å². The van der Waals surface area contributed by atoms with Crippen molar-refractivity contribution in [3.05, 3.63) is 249 Å². The van der Waals surface area contributed by atoms with Crippen LogP contribution in [0.3, 0.4) is 0 Å². The average Bonchev–Trinajstić information content (AvgIpc) is 3.92. The molecule has 13 aromatic rings. The molecule has 5 heteroatoms. The van der Waals surface area contributed by atoms with Gasteiger partial charge in [-0.1, -0.05) is 212 Å². The maximum atomic E-state index is 5.38. The standard InChI is InChI=1S/C63H41N5/c1-5-20-42(21-6-1)46-28-17-30-48(38-46)51-35-19-34-50(44-24-9-3-10-25-44)60(51)67-56-36-15-13-32-52(56)54-40-55-53-33-14-16-37-57(53)68(59(55)41-58(54)67)63-65-61(45-26-11-4-12-27-45)64-62(66-63)49-31-18-29-47(39-49)43-22-7-2-8-23-43/h1-41H. The SMILES string of the molecule is c1ccc(-c2cccc(-c3nc(-c4ccccc4)nc(-n4c5ccccc5c5cc6c7ccccc7n(-c7c(-c8ccccc8)cccc7-c7cccc(-c8ccccc8)c7)c6cc54)n3)c2)cc1. The fraction of sp³-hybridized carbons (Fsp3) is 0. The van der Waals surface area contributed by atoms with Crippen LogP contribution >= 0.6 is 0 Å². The van der Waals surface area contributed by atoms with Gasteiger partial charge in [0.25, 0.3) is 0 Å². The van der Waals surface area contributed by atoms with Gasteiger partial charge in [0.2, 0.25) is 5.95 Å². The normalized spacial score (nSPS) is 11.5. The molecule has 0 N–H and O–H groups in total. The molecule has 3 heterocycles. The molecule has 0 fully saturated rings. The van der Waals surface area contributed by atoms with E-state index in [9.17, 15) is 0 Å². The molecule has 0 aliphatic carbocycles. The van der Waals surface area contributed by atoms with Crippen LogP contribution in [0.5, 0.6) is 0 Å². The van der Waals surface area contributed by atoms with Crippen molar-refractivity contribution in [1.82, 2.24) is 24.1 Å². The number of rotatable bonds is 8. The second-order valence-corrected chi connectivity index (χ2v) is 17.2. The monoisotopic (exact) mass is 867 g/mol. The van der Waals surface area contributed by atoms with E-state index in [0.29, 0.717) is 17.6 Å². The number of hydrogen-bond acceptors (Lipinski definition) is 3. The average molecular weight is 868 g/mol. The molecule has 10 aromatic carbocycles. The van der Waals surface area contributed by atoms with Crippen molar-refractivity contribution in [3.63, 3.8) is 0 Å². The number of hydrogen-bond donors (Lipinski definition) is 0. The Bertz CT molecular complexity index is 4010. The van der Waals surface area contributed by atoms with E-state index in [-0.39, 0.29) is 0 Å². The molecular weight excluding hydrogens is 827 g/mol. The van der Waals surface area contributed by atoms with E-state index in [1.54, 1.807) is 0 Å². The van der Waals surface area contributed by atoms with Crippen molar-refractivity contribution >= 4 is 43.6 Å². The minimum Gasteiger partial charge on any atom is -0.308 e. The molecule has 3 aromatic heterocycles. The molecule has 0 saturated heterocycles. The van der Waals surface area contributed by atoms with E-state index < -0.39 is 0 Å². The molecule has 0 spiro atoms. The molecule has 0 amide bonds. The van der Waals surface area contributed by atoms with E-state index in [1.165, 1.54) is 21.9 Å². The highest BCUT2D eigenvalue weighted by Crippen LogP contribution is 2.44. The maximum absolute atomic E-state index is 5.38. The van der Waals surface area contributed by atoms with Gasteiger partial charge in [-0.15, -0.1) is 0 Å². The fourth-order valence-electron chi connectivity index (χ4n) is 10.0. The number of para-hydroxylation sites is 3. The van der Waals surface area contributed by atoms with E-state index in [0.717, 1.165) is 83.0 Å². The summed E-state index contributed by atoms with van der Waals surface area (Å²) in [6.45, 7) is 0.